The number of hydrogen-bond acceptors (Lipinski definition) is 3. The zero-order chi connectivity index (χ0) is 12.9. The minimum atomic E-state index is -3.18. The largest absolute Gasteiger partial charge is 0.359 e. The zero-order valence-corrected chi connectivity index (χ0v) is 11.6. The summed E-state index contributed by atoms with van der Waals surface area (Å²) in [4.78, 5) is 11.4. The number of alkyl halides is 1. The molecule has 0 spiro atoms. The van der Waals surface area contributed by atoms with E-state index in [0.29, 0.717) is 38.2 Å². The maximum Gasteiger partial charge on any atom is 0.222 e. The number of carbonyl (C=O) groups is 1. The highest BCUT2D eigenvalue weighted by Gasteiger charge is 2.30. The van der Waals surface area contributed by atoms with Gasteiger partial charge in [-0.3, -0.25) is 4.79 Å². The molecule has 1 amide bonds. The van der Waals surface area contributed by atoms with Crippen LogP contribution in [0.5, 0.6) is 0 Å². The first-order valence-corrected chi connectivity index (χ1v) is 7.91. The van der Waals surface area contributed by atoms with E-state index in [1.165, 1.54) is 4.31 Å². The summed E-state index contributed by atoms with van der Waals surface area (Å²) in [5.41, 5.74) is 0. The molecule has 1 rings (SSSR count). The average Bonchev–Trinajstić information content (AvgIpc) is 2.35. The van der Waals surface area contributed by atoms with Crippen molar-refractivity contribution in [2.75, 3.05) is 31.8 Å². The smallest absolute Gasteiger partial charge is 0.222 e. The van der Waals surface area contributed by atoms with Crippen molar-refractivity contribution in [3.05, 3.63) is 0 Å². The van der Waals surface area contributed by atoms with E-state index in [1.807, 2.05) is 0 Å². The van der Waals surface area contributed by atoms with E-state index < -0.39 is 10.0 Å². The number of nitrogens with one attached hydrogen (secondary N) is 1. The Morgan fingerprint density at radius 1 is 1.41 bits per heavy atom. The van der Waals surface area contributed by atoms with Crippen LogP contribution in [-0.2, 0) is 14.8 Å². The van der Waals surface area contributed by atoms with Crippen molar-refractivity contribution in [1.82, 2.24) is 9.62 Å². The van der Waals surface area contributed by atoms with Gasteiger partial charge in [-0.1, -0.05) is 0 Å². The Labute approximate surface area is 108 Å². The molecule has 0 aliphatic carbocycles. The summed E-state index contributed by atoms with van der Waals surface area (Å²) in [5, 5.41) is 2.60. The molecule has 0 saturated carbocycles. The number of nitrogens with zero attached hydrogens (tertiary/aromatic N) is 1. The maximum absolute atomic E-state index is 11.9. The van der Waals surface area contributed by atoms with E-state index in [9.17, 15) is 13.2 Å². The Kier molecular flexibility index (Phi) is 5.69. The van der Waals surface area contributed by atoms with Crippen LogP contribution in [0.4, 0.5) is 0 Å². The highest BCUT2D eigenvalue weighted by atomic mass is 35.5. The molecule has 1 N–H and O–H groups in total. The number of amides is 1. The van der Waals surface area contributed by atoms with Gasteiger partial charge in [0.05, 0.1) is 5.75 Å². The molecule has 0 aromatic rings. The minimum Gasteiger partial charge on any atom is -0.359 e. The molecule has 1 fully saturated rings. The predicted molar refractivity (Wildman–Crippen MR) is 67.5 cm³/mol. The molecule has 0 unspecified atom stereocenters. The van der Waals surface area contributed by atoms with Gasteiger partial charge >= 0.3 is 0 Å². The van der Waals surface area contributed by atoms with Crippen molar-refractivity contribution >= 4 is 27.5 Å². The van der Waals surface area contributed by atoms with Crippen molar-refractivity contribution in [2.45, 2.75) is 19.3 Å². The van der Waals surface area contributed by atoms with Gasteiger partial charge in [-0.15, -0.1) is 11.6 Å². The van der Waals surface area contributed by atoms with Crippen LogP contribution in [0, 0.1) is 5.92 Å². The fourth-order valence-electron chi connectivity index (χ4n) is 1.97. The molecule has 5 nitrogen and oxygen atoms in total. The summed E-state index contributed by atoms with van der Waals surface area (Å²) in [7, 11) is -1.58. The molecule has 7 heteroatoms. The molecular weight excluding hydrogens is 264 g/mol. The van der Waals surface area contributed by atoms with Crippen LogP contribution in [0.25, 0.3) is 0 Å². The fraction of sp³-hybridized carbons (Fsp3) is 0.900. The average molecular weight is 283 g/mol. The zero-order valence-electron chi connectivity index (χ0n) is 9.99. The monoisotopic (exact) mass is 282 g/mol. The van der Waals surface area contributed by atoms with Crippen molar-refractivity contribution in [3.8, 4) is 0 Å². The van der Waals surface area contributed by atoms with E-state index in [0.717, 1.165) is 0 Å². The van der Waals surface area contributed by atoms with Gasteiger partial charge in [0.25, 0.3) is 0 Å². The first-order chi connectivity index (χ1) is 8.01. The molecule has 0 bridgehead atoms. The van der Waals surface area contributed by atoms with Crippen LogP contribution < -0.4 is 5.32 Å². The van der Waals surface area contributed by atoms with Gasteiger partial charge in [0.15, 0.2) is 0 Å². The number of carbonyl (C=O) groups excluding carboxylic acids is 1. The fourth-order valence-corrected chi connectivity index (χ4v) is 3.79. The lowest BCUT2D eigenvalue weighted by atomic mass is 9.97. The lowest BCUT2D eigenvalue weighted by Gasteiger charge is -2.30. The molecule has 1 aliphatic heterocycles. The van der Waals surface area contributed by atoms with Gasteiger partial charge in [-0.2, -0.15) is 0 Å². The first-order valence-electron chi connectivity index (χ1n) is 5.76. The molecule has 1 saturated heterocycles. The van der Waals surface area contributed by atoms with Crippen molar-refractivity contribution < 1.29 is 13.2 Å². The van der Waals surface area contributed by atoms with Crippen LogP contribution in [0.15, 0.2) is 0 Å². The number of hydrogen-bond donors (Lipinski definition) is 1. The highest BCUT2D eigenvalue weighted by molar-refractivity contribution is 7.89. The van der Waals surface area contributed by atoms with Crippen molar-refractivity contribution in [1.29, 1.82) is 0 Å². The third-order valence-corrected chi connectivity index (χ3v) is 5.22. The highest BCUT2D eigenvalue weighted by Crippen LogP contribution is 2.20. The third kappa shape index (κ3) is 4.12. The lowest BCUT2D eigenvalue weighted by Crippen LogP contribution is -2.43. The maximum atomic E-state index is 11.9. The van der Waals surface area contributed by atoms with Crippen LogP contribution in [0.3, 0.4) is 0 Å². The quantitative estimate of drug-likeness (QED) is 0.743. The summed E-state index contributed by atoms with van der Waals surface area (Å²) in [6, 6.07) is 0. The third-order valence-electron chi connectivity index (χ3n) is 3.00. The molecule has 0 aromatic carbocycles. The number of rotatable bonds is 5. The molecule has 1 heterocycles. The van der Waals surface area contributed by atoms with Crippen LogP contribution >= 0.6 is 11.6 Å². The summed E-state index contributed by atoms with van der Waals surface area (Å²) in [6.07, 6.45) is 1.67. The second-order valence-corrected chi connectivity index (χ2v) is 6.61. The van der Waals surface area contributed by atoms with Crippen LogP contribution in [-0.4, -0.2) is 50.4 Å². The molecular formula is C10H19ClN2O3S. The van der Waals surface area contributed by atoms with E-state index >= 15 is 0 Å². The molecule has 0 atom stereocenters. The van der Waals surface area contributed by atoms with E-state index in [4.69, 9.17) is 11.6 Å². The predicted octanol–water partition coefficient (Wildman–Crippen LogP) is 0.403. The van der Waals surface area contributed by atoms with Gasteiger partial charge in [-0.05, 0) is 19.3 Å². The second kappa shape index (κ2) is 6.56. The Hall–Kier alpha value is -0.330. The summed E-state index contributed by atoms with van der Waals surface area (Å²) < 4.78 is 25.2. The Morgan fingerprint density at radius 2 is 2.00 bits per heavy atom. The van der Waals surface area contributed by atoms with Gasteiger partial charge in [-0.25, -0.2) is 12.7 Å². The molecule has 1 aliphatic rings. The Balaban J connectivity index is 2.49. The summed E-state index contributed by atoms with van der Waals surface area (Å²) in [6.45, 7) is 0.866. The number of piperidine rings is 1. The van der Waals surface area contributed by atoms with Gasteiger partial charge in [0.2, 0.25) is 15.9 Å². The summed E-state index contributed by atoms with van der Waals surface area (Å²) >= 11 is 5.49. The standard InChI is InChI=1S/C10H19ClN2O3S/c1-12-10(14)9-3-6-13(7-4-9)17(15,16)8-2-5-11/h9H,2-8H2,1H3,(H,12,14). The molecule has 17 heavy (non-hydrogen) atoms. The van der Waals surface area contributed by atoms with E-state index in [-0.39, 0.29) is 17.6 Å². The van der Waals surface area contributed by atoms with Gasteiger partial charge < -0.3 is 5.32 Å². The lowest BCUT2D eigenvalue weighted by molar-refractivity contribution is -0.125. The molecule has 100 valence electrons. The number of halogens is 1. The van der Waals surface area contributed by atoms with E-state index in [2.05, 4.69) is 5.32 Å². The Bertz CT molecular complexity index is 351. The number of sulfonamides is 1. The van der Waals surface area contributed by atoms with Crippen LogP contribution in [0.2, 0.25) is 0 Å². The SMILES string of the molecule is CNC(=O)C1CCN(S(=O)(=O)CCCCl)CC1. The minimum absolute atomic E-state index is 0.00260. The second-order valence-electron chi connectivity index (χ2n) is 4.15. The molecule has 0 radical (unpaired) electrons. The topological polar surface area (TPSA) is 66.5 Å². The molecule has 0 aromatic heterocycles. The van der Waals surface area contributed by atoms with Gasteiger partial charge in [0.1, 0.15) is 0 Å². The van der Waals surface area contributed by atoms with Crippen LogP contribution in [0.1, 0.15) is 19.3 Å². The summed E-state index contributed by atoms with van der Waals surface area (Å²) in [5.74, 6) is 0.400. The van der Waals surface area contributed by atoms with Crippen molar-refractivity contribution in [3.63, 3.8) is 0 Å². The first kappa shape index (κ1) is 14.7. The van der Waals surface area contributed by atoms with Gasteiger partial charge in [0, 0.05) is 31.9 Å². The van der Waals surface area contributed by atoms with E-state index in [1.54, 1.807) is 7.05 Å². The van der Waals surface area contributed by atoms with Crippen molar-refractivity contribution in [2.24, 2.45) is 5.92 Å². The Morgan fingerprint density at radius 3 is 2.47 bits per heavy atom. The normalized spacial score (nSPS) is 19.2.